The van der Waals surface area contributed by atoms with Crippen LogP contribution in [0.5, 0.6) is 0 Å². The van der Waals surface area contributed by atoms with Gasteiger partial charge in [-0.2, -0.15) is 0 Å². The van der Waals surface area contributed by atoms with Crippen molar-refractivity contribution in [3.63, 3.8) is 0 Å². The van der Waals surface area contributed by atoms with E-state index in [1.54, 1.807) is 0 Å². The van der Waals surface area contributed by atoms with Crippen molar-refractivity contribution < 1.29 is 13.5 Å². The molecule has 0 fully saturated rings. The van der Waals surface area contributed by atoms with Gasteiger partial charge in [-0.05, 0) is 17.8 Å². The molecule has 0 heterocycles. The molecule has 0 atom stereocenters. The maximum absolute atomic E-state index is 11.5. The van der Waals surface area contributed by atoms with Crippen LogP contribution in [0.2, 0.25) is 0 Å². The molecule has 0 radical (unpaired) electrons. The van der Waals surface area contributed by atoms with Crippen molar-refractivity contribution in [3.8, 4) is 0 Å². The Bertz CT molecular complexity index is 270. The van der Waals surface area contributed by atoms with Gasteiger partial charge in [0.25, 0.3) is 0 Å². The lowest BCUT2D eigenvalue weighted by atomic mass is 9.90. The van der Waals surface area contributed by atoms with E-state index in [0.29, 0.717) is 13.0 Å². The molecular formula is C10H23NO3S. The maximum atomic E-state index is 11.5. The summed E-state index contributed by atoms with van der Waals surface area (Å²) in [7, 11) is -3.16. The van der Waals surface area contributed by atoms with Gasteiger partial charge in [0.15, 0.2) is 0 Å². The molecular weight excluding hydrogens is 214 g/mol. The number of aliphatic hydroxyl groups excluding tert-OH is 1. The second-order valence-corrected chi connectivity index (χ2v) is 6.99. The third-order valence-electron chi connectivity index (χ3n) is 2.11. The first-order chi connectivity index (χ1) is 6.68. The summed E-state index contributed by atoms with van der Waals surface area (Å²) >= 11 is 0. The molecule has 0 spiro atoms. The van der Waals surface area contributed by atoms with Crippen LogP contribution in [0.1, 0.15) is 34.1 Å². The van der Waals surface area contributed by atoms with E-state index in [1.165, 1.54) is 0 Å². The number of sulfonamides is 1. The van der Waals surface area contributed by atoms with Gasteiger partial charge in [-0.1, -0.05) is 27.7 Å². The molecule has 0 aromatic heterocycles. The Morgan fingerprint density at radius 3 is 2.27 bits per heavy atom. The monoisotopic (exact) mass is 237 g/mol. The average Bonchev–Trinajstić information content (AvgIpc) is 1.99. The summed E-state index contributed by atoms with van der Waals surface area (Å²) in [5.41, 5.74) is -0.196. The molecule has 15 heavy (non-hydrogen) atoms. The molecule has 4 nitrogen and oxygen atoms in total. The normalized spacial score (nSPS) is 13.5. The van der Waals surface area contributed by atoms with Crippen molar-refractivity contribution >= 4 is 10.0 Å². The Balaban J connectivity index is 4.14. The highest BCUT2D eigenvalue weighted by molar-refractivity contribution is 7.89. The fraction of sp³-hybridized carbons (Fsp3) is 1.00. The number of rotatable bonds is 7. The van der Waals surface area contributed by atoms with E-state index < -0.39 is 10.0 Å². The summed E-state index contributed by atoms with van der Waals surface area (Å²) in [6, 6.07) is 0. The lowest BCUT2D eigenvalue weighted by molar-refractivity contribution is 0.213. The Hall–Kier alpha value is -0.130. The molecule has 0 bridgehead atoms. The molecule has 0 aliphatic carbocycles. The standard InChI is InChI=1S/C10H23NO3S/c1-9(2)7-15(13,14)11-8-10(3,4)5-6-12/h9,11-12H,5-8H2,1-4H3. The largest absolute Gasteiger partial charge is 0.396 e. The quantitative estimate of drug-likeness (QED) is 0.693. The van der Waals surface area contributed by atoms with Crippen LogP contribution < -0.4 is 4.72 Å². The number of nitrogens with one attached hydrogen (secondary N) is 1. The Morgan fingerprint density at radius 2 is 1.87 bits per heavy atom. The van der Waals surface area contributed by atoms with Gasteiger partial charge >= 0.3 is 0 Å². The second-order valence-electron chi connectivity index (χ2n) is 5.13. The van der Waals surface area contributed by atoms with Crippen LogP contribution in [0.3, 0.4) is 0 Å². The molecule has 0 amide bonds. The lowest BCUT2D eigenvalue weighted by Crippen LogP contribution is -2.36. The molecule has 0 aromatic rings. The van der Waals surface area contributed by atoms with Gasteiger partial charge in [0.1, 0.15) is 0 Å². The number of hydrogen-bond acceptors (Lipinski definition) is 3. The van der Waals surface area contributed by atoms with Gasteiger partial charge in [0, 0.05) is 13.2 Å². The van der Waals surface area contributed by atoms with E-state index in [2.05, 4.69) is 4.72 Å². The van der Waals surface area contributed by atoms with Gasteiger partial charge in [0.2, 0.25) is 10.0 Å². The third kappa shape index (κ3) is 7.76. The van der Waals surface area contributed by atoms with Crippen molar-refractivity contribution in [2.45, 2.75) is 34.1 Å². The lowest BCUT2D eigenvalue weighted by Gasteiger charge is -2.24. The number of hydrogen-bond donors (Lipinski definition) is 2. The fourth-order valence-corrected chi connectivity index (χ4v) is 2.80. The zero-order valence-corrected chi connectivity index (χ0v) is 10.9. The Morgan fingerprint density at radius 1 is 1.33 bits per heavy atom. The first kappa shape index (κ1) is 14.9. The van der Waals surface area contributed by atoms with Gasteiger partial charge in [-0.3, -0.25) is 0 Å². The molecule has 0 aliphatic rings. The topological polar surface area (TPSA) is 66.4 Å². The maximum Gasteiger partial charge on any atom is 0.211 e. The minimum atomic E-state index is -3.16. The van der Waals surface area contributed by atoms with E-state index in [-0.39, 0.29) is 23.7 Å². The molecule has 5 heteroatoms. The fourth-order valence-electron chi connectivity index (χ4n) is 1.19. The molecule has 0 aromatic carbocycles. The van der Waals surface area contributed by atoms with E-state index in [4.69, 9.17) is 5.11 Å². The first-order valence-corrected chi connectivity index (χ1v) is 6.92. The smallest absolute Gasteiger partial charge is 0.211 e. The average molecular weight is 237 g/mol. The van der Waals surface area contributed by atoms with Crippen LogP contribution in [-0.2, 0) is 10.0 Å². The van der Waals surface area contributed by atoms with Crippen molar-refractivity contribution in [1.29, 1.82) is 0 Å². The highest BCUT2D eigenvalue weighted by Crippen LogP contribution is 2.18. The minimum Gasteiger partial charge on any atom is -0.396 e. The molecule has 92 valence electrons. The van der Waals surface area contributed by atoms with Crippen LogP contribution in [0.15, 0.2) is 0 Å². The van der Waals surface area contributed by atoms with Crippen LogP contribution in [0.4, 0.5) is 0 Å². The number of aliphatic hydroxyl groups is 1. The van der Waals surface area contributed by atoms with E-state index in [0.717, 1.165) is 0 Å². The first-order valence-electron chi connectivity index (χ1n) is 5.27. The molecule has 0 aliphatic heterocycles. The van der Waals surface area contributed by atoms with Gasteiger partial charge in [-0.25, -0.2) is 13.1 Å². The predicted octanol–water partition coefficient (Wildman–Crippen LogP) is 0.970. The summed E-state index contributed by atoms with van der Waals surface area (Å²) in [6.07, 6.45) is 0.594. The summed E-state index contributed by atoms with van der Waals surface area (Å²) in [6.45, 7) is 8.07. The highest BCUT2D eigenvalue weighted by Gasteiger charge is 2.21. The van der Waals surface area contributed by atoms with Crippen molar-refractivity contribution in [1.82, 2.24) is 4.72 Å². The summed E-state index contributed by atoms with van der Waals surface area (Å²) in [5.74, 6) is 0.283. The van der Waals surface area contributed by atoms with Gasteiger partial charge in [-0.15, -0.1) is 0 Å². The van der Waals surface area contributed by atoms with Crippen LogP contribution >= 0.6 is 0 Å². The van der Waals surface area contributed by atoms with Crippen molar-refractivity contribution in [2.24, 2.45) is 11.3 Å². The predicted molar refractivity (Wildman–Crippen MR) is 62.1 cm³/mol. The zero-order chi connectivity index (χ0) is 12.1. The molecule has 0 saturated heterocycles. The van der Waals surface area contributed by atoms with Crippen molar-refractivity contribution in [3.05, 3.63) is 0 Å². The molecule has 0 saturated carbocycles. The van der Waals surface area contributed by atoms with E-state index in [1.807, 2.05) is 27.7 Å². The van der Waals surface area contributed by atoms with E-state index in [9.17, 15) is 8.42 Å². The second kappa shape index (κ2) is 5.82. The molecule has 2 N–H and O–H groups in total. The summed E-state index contributed by atoms with van der Waals surface area (Å²) in [5, 5.41) is 8.80. The van der Waals surface area contributed by atoms with E-state index >= 15 is 0 Å². The minimum absolute atomic E-state index is 0.0823. The van der Waals surface area contributed by atoms with Crippen LogP contribution in [0, 0.1) is 11.3 Å². The van der Waals surface area contributed by atoms with Crippen molar-refractivity contribution in [2.75, 3.05) is 18.9 Å². The zero-order valence-electron chi connectivity index (χ0n) is 10.1. The molecule has 0 unspecified atom stereocenters. The third-order valence-corrected chi connectivity index (χ3v) is 3.80. The van der Waals surface area contributed by atoms with Crippen LogP contribution in [-0.4, -0.2) is 32.4 Å². The molecule has 0 rings (SSSR count). The summed E-state index contributed by atoms with van der Waals surface area (Å²) < 4.78 is 25.6. The van der Waals surface area contributed by atoms with Gasteiger partial charge < -0.3 is 5.11 Å². The SMILES string of the molecule is CC(C)CS(=O)(=O)NCC(C)(C)CCO. The van der Waals surface area contributed by atoms with Crippen LogP contribution in [0.25, 0.3) is 0 Å². The Kier molecular flexibility index (Phi) is 5.77. The summed E-state index contributed by atoms with van der Waals surface area (Å²) in [4.78, 5) is 0. The Labute approximate surface area is 93.1 Å². The highest BCUT2D eigenvalue weighted by atomic mass is 32.2. The van der Waals surface area contributed by atoms with Gasteiger partial charge in [0.05, 0.1) is 5.75 Å².